The first-order chi connectivity index (χ1) is 14.6. The third kappa shape index (κ3) is 3.27. The van der Waals surface area contributed by atoms with Crippen molar-refractivity contribution in [1.29, 1.82) is 0 Å². The highest BCUT2D eigenvalue weighted by Gasteiger charge is 2.42. The van der Waals surface area contributed by atoms with E-state index < -0.39 is 0 Å². The molecule has 9 heteroatoms. The molecule has 2 aliphatic heterocycles. The van der Waals surface area contributed by atoms with E-state index in [-0.39, 0.29) is 18.2 Å². The molecule has 2 saturated heterocycles. The summed E-state index contributed by atoms with van der Waals surface area (Å²) >= 11 is 5.79. The number of nitrogens with zero attached hydrogens (tertiary/aromatic N) is 6. The van der Waals surface area contributed by atoms with E-state index in [1.165, 1.54) is 5.56 Å². The Kier molecular flexibility index (Phi) is 5.00. The van der Waals surface area contributed by atoms with E-state index in [4.69, 9.17) is 17.0 Å². The molecule has 8 nitrogen and oxygen atoms in total. The summed E-state index contributed by atoms with van der Waals surface area (Å²) in [6, 6.07) is 8.24. The molecule has 5 heterocycles. The fourth-order valence-corrected chi connectivity index (χ4v) is 4.99. The normalized spacial score (nSPS) is 23.9. The molecule has 3 atom stereocenters. The standard InChI is InChI=1S/C21H25N7OS/c1-14-10-17(15(2)28(14)26-12-23-24-13-26)20-19(18-7-3-4-8-22-18)25-21(30)27(20)11-16-6-5-9-29-16/h3-4,7-8,10,12-13,16,19-20H,5-6,9,11H2,1-2H3,(H,25,30). The first kappa shape index (κ1) is 19.2. The Hall–Kier alpha value is -2.78. The molecule has 0 spiro atoms. The summed E-state index contributed by atoms with van der Waals surface area (Å²) in [5.74, 6) is 0. The third-order valence-electron chi connectivity index (χ3n) is 6.01. The lowest BCUT2D eigenvalue weighted by Gasteiger charge is -2.30. The van der Waals surface area contributed by atoms with Gasteiger partial charge in [-0.15, -0.1) is 10.2 Å². The maximum atomic E-state index is 5.94. The highest BCUT2D eigenvalue weighted by molar-refractivity contribution is 7.80. The second kappa shape index (κ2) is 7.81. The number of aromatic nitrogens is 5. The zero-order chi connectivity index (χ0) is 20.7. The number of rotatable bonds is 5. The fraction of sp³-hybridized carbons (Fsp3) is 0.429. The lowest BCUT2D eigenvalue weighted by molar-refractivity contribution is 0.0841. The van der Waals surface area contributed by atoms with Crippen LogP contribution in [0.4, 0.5) is 0 Å². The van der Waals surface area contributed by atoms with Crippen molar-refractivity contribution < 1.29 is 4.74 Å². The Morgan fingerprint density at radius 2 is 2.07 bits per heavy atom. The Morgan fingerprint density at radius 1 is 1.23 bits per heavy atom. The van der Waals surface area contributed by atoms with Crippen molar-refractivity contribution in [2.75, 3.05) is 13.2 Å². The maximum Gasteiger partial charge on any atom is 0.170 e. The van der Waals surface area contributed by atoms with Crippen molar-refractivity contribution in [2.24, 2.45) is 0 Å². The topological polar surface area (TPSA) is 73.0 Å². The molecule has 0 aliphatic carbocycles. The summed E-state index contributed by atoms with van der Waals surface area (Å²) in [7, 11) is 0. The van der Waals surface area contributed by atoms with Crippen LogP contribution in [0.1, 0.15) is 47.6 Å². The molecule has 3 unspecified atom stereocenters. The Balaban J connectivity index is 1.58. The lowest BCUT2D eigenvalue weighted by Crippen LogP contribution is -2.36. The van der Waals surface area contributed by atoms with Crippen molar-refractivity contribution >= 4 is 17.3 Å². The quantitative estimate of drug-likeness (QED) is 0.632. The van der Waals surface area contributed by atoms with Gasteiger partial charge in [0, 0.05) is 36.3 Å². The highest BCUT2D eigenvalue weighted by atomic mass is 32.1. The van der Waals surface area contributed by atoms with Crippen molar-refractivity contribution in [3.05, 3.63) is 65.8 Å². The van der Waals surface area contributed by atoms with Crippen LogP contribution >= 0.6 is 12.2 Å². The van der Waals surface area contributed by atoms with E-state index in [2.05, 4.69) is 56.1 Å². The van der Waals surface area contributed by atoms with Crippen LogP contribution in [-0.2, 0) is 4.74 Å². The Labute approximate surface area is 180 Å². The second-order valence-electron chi connectivity index (χ2n) is 7.89. The zero-order valence-electron chi connectivity index (χ0n) is 17.1. The van der Waals surface area contributed by atoms with Gasteiger partial charge in [0.15, 0.2) is 5.11 Å². The molecule has 2 aliphatic rings. The minimum Gasteiger partial charge on any atom is -0.376 e. The Morgan fingerprint density at radius 3 is 2.77 bits per heavy atom. The summed E-state index contributed by atoms with van der Waals surface area (Å²) in [6.07, 6.45) is 7.63. The van der Waals surface area contributed by atoms with Crippen LogP contribution in [0.2, 0.25) is 0 Å². The smallest absolute Gasteiger partial charge is 0.170 e. The first-order valence-electron chi connectivity index (χ1n) is 10.3. The molecule has 0 bridgehead atoms. The number of aryl methyl sites for hydroxylation is 1. The van der Waals surface area contributed by atoms with Gasteiger partial charge >= 0.3 is 0 Å². The van der Waals surface area contributed by atoms with E-state index >= 15 is 0 Å². The molecule has 3 aromatic heterocycles. The largest absolute Gasteiger partial charge is 0.376 e. The van der Waals surface area contributed by atoms with Gasteiger partial charge in [-0.3, -0.25) is 9.66 Å². The summed E-state index contributed by atoms with van der Waals surface area (Å²) in [5, 5.41) is 12.2. The average Bonchev–Trinajstić information content (AvgIpc) is 3.53. The van der Waals surface area contributed by atoms with E-state index in [1.54, 1.807) is 12.7 Å². The van der Waals surface area contributed by atoms with Crippen molar-refractivity contribution in [3.63, 3.8) is 0 Å². The lowest BCUT2D eigenvalue weighted by atomic mass is 9.96. The SMILES string of the molecule is Cc1cc(C2C(c3ccccn3)NC(=S)N2CC2CCCO2)c(C)n1-n1cnnc1. The molecule has 0 amide bonds. The molecular formula is C21H25N7OS. The van der Waals surface area contributed by atoms with Crippen LogP contribution in [0, 0.1) is 13.8 Å². The van der Waals surface area contributed by atoms with Gasteiger partial charge in [0.05, 0.1) is 23.9 Å². The Bertz CT molecular complexity index is 1030. The van der Waals surface area contributed by atoms with E-state index in [1.807, 2.05) is 23.0 Å². The number of pyridine rings is 1. The van der Waals surface area contributed by atoms with Gasteiger partial charge in [0.1, 0.15) is 12.7 Å². The molecule has 1 N–H and O–H groups in total. The summed E-state index contributed by atoms with van der Waals surface area (Å²) in [5.41, 5.74) is 4.43. The van der Waals surface area contributed by atoms with Crippen LogP contribution in [0.3, 0.4) is 0 Å². The number of hydrogen-bond acceptors (Lipinski definition) is 5. The average molecular weight is 424 g/mol. The van der Waals surface area contributed by atoms with Gasteiger partial charge < -0.3 is 15.0 Å². The van der Waals surface area contributed by atoms with Crippen molar-refractivity contribution in [3.8, 4) is 0 Å². The van der Waals surface area contributed by atoms with Crippen LogP contribution in [0.5, 0.6) is 0 Å². The molecule has 0 saturated carbocycles. The monoisotopic (exact) mass is 423 g/mol. The molecule has 30 heavy (non-hydrogen) atoms. The number of thiocarbonyl (C=S) groups is 1. The van der Waals surface area contributed by atoms with Gasteiger partial charge in [-0.05, 0) is 57.1 Å². The summed E-state index contributed by atoms with van der Waals surface area (Å²) < 4.78 is 9.96. The van der Waals surface area contributed by atoms with Gasteiger partial charge in [-0.25, -0.2) is 4.68 Å². The number of ether oxygens (including phenoxy) is 1. The van der Waals surface area contributed by atoms with Crippen LogP contribution in [-0.4, -0.2) is 53.8 Å². The molecule has 5 rings (SSSR count). The fourth-order valence-electron chi connectivity index (χ4n) is 4.68. The van der Waals surface area contributed by atoms with E-state index in [9.17, 15) is 0 Å². The second-order valence-corrected chi connectivity index (χ2v) is 8.28. The van der Waals surface area contributed by atoms with Gasteiger partial charge in [-0.2, -0.15) is 0 Å². The number of nitrogens with one attached hydrogen (secondary N) is 1. The summed E-state index contributed by atoms with van der Waals surface area (Å²) in [6.45, 7) is 5.83. The predicted octanol–water partition coefficient (Wildman–Crippen LogP) is 2.55. The van der Waals surface area contributed by atoms with Gasteiger partial charge in [0.25, 0.3) is 0 Å². The third-order valence-corrected chi connectivity index (χ3v) is 6.36. The highest BCUT2D eigenvalue weighted by Crippen LogP contribution is 2.41. The molecule has 156 valence electrons. The predicted molar refractivity (Wildman–Crippen MR) is 116 cm³/mol. The maximum absolute atomic E-state index is 5.94. The minimum absolute atomic E-state index is 0.0213. The minimum atomic E-state index is -0.0324. The first-order valence-corrected chi connectivity index (χ1v) is 10.7. The van der Waals surface area contributed by atoms with Crippen LogP contribution < -0.4 is 5.32 Å². The van der Waals surface area contributed by atoms with Crippen molar-refractivity contribution in [1.82, 2.24) is 34.8 Å². The van der Waals surface area contributed by atoms with E-state index in [0.29, 0.717) is 0 Å². The number of hydrogen-bond donors (Lipinski definition) is 1. The molecular weight excluding hydrogens is 398 g/mol. The molecule has 3 aromatic rings. The van der Waals surface area contributed by atoms with Gasteiger partial charge in [0.2, 0.25) is 0 Å². The van der Waals surface area contributed by atoms with Crippen LogP contribution in [0.25, 0.3) is 0 Å². The van der Waals surface area contributed by atoms with Crippen molar-refractivity contribution in [2.45, 2.75) is 44.9 Å². The van der Waals surface area contributed by atoms with E-state index in [0.717, 1.165) is 48.2 Å². The molecule has 0 aromatic carbocycles. The molecule has 0 radical (unpaired) electrons. The van der Waals surface area contributed by atoms with Gasteiger partial charge in [-0.1, -0.05) is 6.07 Å². The zero-order valence-corrected chi connectivity index (χ0v) is 17.9. The molecule has 2 fully saturated rings. The summed E-state index contributed by atoms with van der Waals surface area (Å²) in [4.78, 5) is 6.91. The van der Waals surface area contributed by atoms with Crippen LogP contribution in [0.15, 0.2) is 43.1 Å².